The topological polar surface area (TPSA) is 113 Å². The molecule has 0 radical (unpaired) electrons. The summed E-state index contributed by atoms with van der Waals surface area (Å²) in [5.41, 5.74) is -4.24. The molecule has 0 aliphatic carbocycles. The zero-order chi connectivity index (χ0) is 28.2. The van der Waals surface area contributed by atoms with Crippen LogP contribution in [0.5, 0.6) is 0 Å². The SMILES string of the molecule is CC(C)S(=O)(=O)c1cc2c(cn1)NC(CC(O)(CC(C)(C)c1cc(F)ccc1S(C)(=O)=O)C(F)(F)F)C2. The number of pyridine rings is 1. The molecule has 0 spiro atoms. The molecule has 1 aromatic heterocycles. The second kappa shape index (κ2) is 9.49. The van der Waals surface area contributed by atoms with Crippen LogP contribution >= 0.6 is 0 Å². The number of nitrogens with one attached hydrogen (secondary N) is 1. The number of aliphatic hydroxyl groups is 1. The molecular formula is C24H30F4N2O5S2. The van der Waals surface area contributed by atoms with Crippen LogP contribution in [0.15, 0.2) is 40.4 Å². The second-order valence-electron chi connectivity index (χ2n) is 10.5. The number of nitrogens with zero attached hydrogens (tertiary/aromatic N) is 1. The Labute approximate surface area is 214 Å². The van der Waals surface area contributed by atoms with E-state index in [1.54, 1.807) is 0 Å². The monoisotopic (exact) mass is 566 g/mol. The van der Waals surface area contributed by atoms with E-state index in [9.17, 15) is 39.5 Å². The highest BCUT2D eigenvalue weighted by Crippen LogP contribution is 2.46. The average Bonchev–Trinajstić information content (AvgIpc) is 3.12. The fourth-order valence-corrected chi connectivity index (χ4v) is 6.75. The Morgan fingerprint density at radius 1 is 1.14 bits per heavy atom. The maximum absolute atomic E-state index is 14.3. The molecule has 0 saturated heterocycles. The molecular weight excluding hydrogens is 536 g/mol. The summed E-state index contributed by atoms with van der Waals surface area (Å²) >= 11 is 0. The van der Waals surface area contributed by atoms with Crippen LogP contribution in [0, 0.1) is 5.82 Å². The number of alkyl halides is 3. The van der Waals surface area contributed by atoms with E-state index in [1.165, 1.54) is 40.0 Å². The molecule has 2 unspecified atom stereocenters. The lowest BCUT2D eigenvalue weighted by atomic mass is 9.73. The molecule has 2 heterocycles. The molecule has 2 atom stereocenters. The summed E-state index contributed by atoms with van der Waals surface area (Å²) < 4.78 is 106. The minimum absolute atomic E-state index is 0.00580. The zero-order valence-corrected chi connectivity index (χ0v) is 22.7. The van der Waals surface area contributed by atoms with E-state index < -0.39 is 66.8 Å². The highest BCUT2D eigenvalue weighted by Gasteiger charge is 2.57. The van der Waals surface area contributed by atoms with Gasteiger partial charge in [-0.15, -0.1) is 0 Å². The van der Waals surface area contributed by atoms with Gasteiger partial charge >= 0.3 is 6.18 Å². The molecule has 0 amide bonds. The van der Waals surface area contributed by atoms with Gasteiger partial charge in [0, 0.05) is 18.7 Å². The van der Waals surface area contributed by atoms with Crippen LogP contribution < -0.4 is 5.32 Å². The summed E-state index contributed by atoms with van der Waals surface area (Å²) in [7, 11) is -7.60. The van der Waals surface area contributed by atoms with Crippen molar-refractivity contribution in [3.05, 3.63) is 47.4 Å². The average molecular weight is 567 g/mol. The van der Waals surface area contributed by atoms with Crippen LogP contribution in [0.3, 0.4) is 0 Å². The number of halogens is 4. The molecule has 1 aromatic carbocycles. The number of hydrogen-bond donors (Lipinski definition) is 2. The van der Waals surface area contributed by atoms with Gasteiger partial charge in [0.05, 0.1) is 22.0 Å². The lowest BCUT2D eigenvalue weighted by molar-refractivity contribution is -0.270. The quantitative estimate of drug-likeness (QED) is 0.364. The van der Waals surface area contributed by atoms with Gasteiger partial charge in [0.2, 0.25) is 0 Å². The van der Waals surface area contributed by atoms with Gasteiger partial charge in [-0.1, -0.05) is 13.8 Å². The van der Waals surface area contributed by atoms with Crippen LogP contribution in [0.25, 0.3) is 0 Å². The summed E-state index contributed by atoms with van der Waals surface area (Å²) in [6, 6.07) is 3.18. The predicted octanol–water partition coefficient (Wildman–Crippen LogP) is 4.19. The number of rotatable bonds is 8. The van der Waals surface area contributed by atoms with Crippen molar-refractivity contribution in [1.29, 1.82) is 0 Å². The molecule has 0 fully saturated rings. The van der Waals surface area contributed by atoms with Gasteiger partial charge < -0.3 is 10.4 Å². The lowest BCUT2D eigenvalue weighted by Crippen LogP contribution is -2.52. The standard InChI is InChI=1S/C24H30F4N2O5S2/c1-14(2)37(34,35)21-9-15-8-17(30-19(15)12-29-21)11-23(31,24(26,27)28)13-22(3,4)18-10-16(25)6-7-20(18)36(5,32)33/h6-7,9-10,12,14,17,30-31H,8,11,13H2,1-5H3. The molecule has 0 bridgehead atoms. The summed E-state index contributed by atoms with van der Waals surface area (Å²) in [5.74, 6) is -0.821. The number of anilines is 1. The molecule has 2 N–H and O–H groups in total. The predicted molar refractivity (Wildman–Crippen MR) is 130 cm³/mol. The second-order valence-corrected chi connectivity index (χ2v) is 15.0. The molecule has 1 aliphatic heterocycles. The highest BCUT2D eigenvalue weighted by molar-refractivity contribution is 7.92. The van der Waals surface area contributed by atoms with E-state index in [4.69, 9.17) is 0 Å². The first kappa shape index (κ1) is 29.3. The van der Waals surface area contributed by atoms with Crippen LogP contribution in [-0.2, 0) is 31.5 Å². The molecule has 7 nitrogen and oxygen atoms in total. The van der Waals surface area contributed by atoms with E-state index in [2.05, 4.69) is 10.3 Å². The number of fused-ring (bicyclic) bond motifs is 1. The summed E-state index contributed by atoms with van der Waals surface area (Å²) in [4.78, 5) is 3.62. The fourth-order valence-electron chi connectivity index (χ4n) is 4.71. The molecule has 1 aliphatic rings. The van der Waals surface area contributed by atoms with Crippen molar-refractivity contribution in [3.63, 3.8) is 0 Å². The first-order valence-corrected chi connectivity index (χ1v) is 14.9. The van der Waals surface area contributed by atoms with Crippen molar-refractivity contribution in [1.82, 2.24) is 4.98 Å². The Balaban J connectivity index is 1.94. The third-order valence-corrected chi connectivity index (χ3v) is 9.82. The smallest absolute Gasteiger partial charge is 0.380 e. The van der Waals surface area contributed by atoms with Gasteiger partial charge in [-0.3, -0.25) is 0 Å². The number of benzene rings is 1. The van der Waals surface area contributed by atoms with Crippen LogP contribution in [0.1, 0.15) is 51.7 Å². The van der Waals surface area contributed by atoms with Gasteiger partial charge in [-0.25, -0.2) is 26.2 Å². The van der Waals surface area contributed by atoms with Gasteiger partial charge in [0.25, 0.3) is 0 Å². The van der Waals surface area contributed by atoms with E-state index in [0.717, 1.165) is 24.5 Å². The normalized spacial score (nSPS) is 18.4. The molecule has 13 heteroatoms. The number of hydrogen-bond acceptors (Lipinski definition) is 7. The lowest BCUT2D eigenvalue weighted by Gasteiger charge is -2.39. The van der Waals surface area contributed by atoms with Crippen molar-refractivity contribution in [2.75, 3.05) is 11.6 Å². The van der Waals surface area contributed by atoms with Crippen LogP contribution in [0.2, 0.25) is 0 Å². The van der Waals surface area contributed by atoms with Crippen molar-refractivity contribution in [2.24, 2.45) is 0 Å². The van der Waals surface area contributed by atoms with E-state index in [-0.39, 0.29) is 21.9 Å². The van der Waals surface area contributed by atoms with Gasteiger partial charge in [0.15, 0.2) is 30.3 Å². The zero-order valence-electron chi connectivity index (χ0n) is 21.0. The Kier molecular flexibility index (Phi) is 7.52. The molecule has 2 aromatic rings. The van der Waals surface area contributed by atoms with Gasteiger partial charge in [-0.05, 0) is 67.5 Å². The maximum Gasteiger partial charge on any atom is 0.417 e. The van der Waals surface area contributed by atoms with Gasteiger partial charge in [0.1, 0.15) is 5.82 Å². The molecule has 206 valence electrons. The van der Waals surface area contributed by atoms with Crippen LogP contribution in [-0.4, -0.2) is 56.3 Å². The molecule has 37 heavy (non-hydrogen) atoms. The minimum Gasteiger partial charge on any atom is -0.380 e. The van der Waals surface area contributed by atoms with Crippen molar-refractivity contribution >= 4 is 25.4 Å². The summed E-state index contributed by atoms with van der Waals surface area (Å²) in [6.45, 7) is 5.61. The van der Waals surface area contributed by atoms with Crippen molar-refractivity contribution < 1.29 is 39.5 Å². The number of sulfone groups is 2. The summed E-state index contributed by atoms with van der Waals surface area (Å²) in [5, 5.41) is 12.9. The maximum atomic E-state index is 14.3. The van der Waals surface area contributed by atoms with E-state index >= 15 is 0 Å². The highest BCUT2D eigenvalue weighted by atomic mass is 32.2. The van der Waals surface area contributed by atoms with Crippen LogP contribution in [0.4, 0.5) is 23.2 Å². The first-order valence-electron chi connectivity index (χ1n) is 11.5. The fraction of sp³-hybridized carbons (Fsp3) is 0.542. The van der Waals surface area contributed by atoms with Gasteiger partial charge in [-0.2, -0.15) is 13.2 Å². The summed E-state index contributed by atoms with van der Waals surface area (Å²) in [6.07, 6.45) is -4.75. The molecule has 0 saturated carbocycles. The largest absolute Gasteiger partial charge is 0.417 e. The molecule has 3 rings (SSSR count). The Bertz CT molecular complexity index is 1410. The Hall–Kier alpha value is -2.25. The van der Waals surface area contributed by atoms with E-state index in [1.807, 2.05) is 0 Å². The Morgan fingerprint density at radius 3 is 2.30 bits per heavy atom. The first-order chi connectivity index (χ1) is 16.7. The third-order valence-electron chi connectivity index (χ3n) is 6.62. The Morgan fingerprint density at radius 2 is 1.76 bits per heavy atom. The van der Waals surface area contributed by atoms with E-state index in [0.29, 0.717) is 11.3 Å². The number of aromatic nitrogens is 1. The third kappa shape index (κ3) is 5.93. The minimum atomic E-state index is -5.11. The van der Waals surface area contributed by atoms with Crippen molar-refractivity contribution in [3.8, 4) is 0 Å². The van der Waals surface area contributed by atoms with Crippen molar-refractivity contribution in [2.45, 2.75) is 85.4 Å².